The highest BCUT2D eigenvalue weighted by Gasteiger charge is 2.36. The Hall–Kier alpha value is -1.05. The van der Waals surface area contributed by atoms with Gasteiger partial charge in [0.15, 0.2) is 0 Å². The zero-order valence-electron chi connectivity index (χ0n) is 15.1. The fourth-order valence-electron chi connectivity index (χ4n) is 3.12. The van der Waals surface area contributed by atoms with Gasteiger partial charge in [-0.3, -0.25) is 0 Å². The Morgan fingerprint density at radius 2 is 2.00 bits per heavy atom. The van der Waals surface area contributed by atoms with E-state index >= 15 is 0 Å². The van der Waals surface area contributed by atoms with Crippen LogP contribution in [0, 0.1) is 11.7 Å². The number of amides is 1. The van der Waals surface area contributed by atoms with Crippen molar-refractivity contribution < 1.29 is 18.7 Å². The van der Waals surface area contributed by atoms with Gasteiger partial charge in [-0.2, -0.15) is 0 Å². The predicted molar refractivity (Wildman–Crippen MR) is 105 cm³/mol. The lowest BCUT2D eigenvalue weighted by atomic mass is 9.88. The summed E-state index contributed by atoms with van der Waals surface area (Å²) in [5.41, 5.74) is -0.497. The van der Waals surface area contributed by atoms with Gasteiger partial charge in [0.1, 0.15) is 17.2 Å². The van der Waals surface area contributed by atoms with E-state index in [2.05, 4.69) is 22.6 Å². The number of hydrogen-bond acceptors (Lipinski definition) is 3. The molecule has 4 nitrogen and oxygen atoms in total. The lowest BCUT2D eigenvalue weighted by Crippen LogP contribution is -2.51. The molecule has 1 heterocycles. The summed E-state index contributed by atoms with van der Waals surface area (Å²) in [5.74, 6) is 0.633. The second-order valence-electron chi connectivity index (χ2n) is 7.39. The first kappa shape index (κ1) is 20.3. The van der Waals surface area contributed by atoms with Gasteiger partial charge in [0.25, 0.3) is 0 Å². The van der Waals surface area contributed by atoms with Crippen LogP contribution >= 0.6 is 22.6 Å². The highest BCUT2D eigenvalue weighted by atomic mass is 127. The number of carbonyl (C=O) groups excluding carboxylic acids is 1. The Labute approximate surface area is 163 Å². The van der Waals surface area contributed by atoms with Gasteiger partial charge in [-0.25, -0.2) is 9.18 Å². The minimum Gasteiger partial charge on any atom is -0.493 e. The molecule has 140 valence electrons. The number of alkyl halides is 1. The second kappa shape index (κ2) is 9.05. The molecule has 1 fully saturated rings. The molecule has 1 aromatic carbocycles. The number of likely N-dealkylation sites (tertiary alicyclic amines) is 1. The predicted octanol–water partition coefficient (Wildman–Crippen LogP) is 5.05. The number of hydrogen-bond donors (Lipinski definition) is 0. The van der Waals surface area contributed by atoms with Gasteiger partial charge in [0.05, 0.1) is 6.61 Å². The standard InChI is InChI=1S/C19H27FINO3/c1-19(2,3)25-18(23)22-12-4-5-14(17(22)10-11-21)13-24-16-8-6-15(20)7-9-16/h6-9,14,17H,4-5,10-13H2,1-3H3. The van der Waals surface area contributed by atoms with Crippen molar-refractivity contribution >= 4 is 28.7 Å². The van der Waals surface area contributed by atoms with Crippen LogP contribution < -0.4 is 4.74 Å². The molecule has 6 heteroatoms. The maximum atomic E-state index is 13.0. The third-order valence-electron chi connectivity index (χ3n) is 4.23. The van der Waals surface area contributed by atoms with Crippen molar-refractivity contribution in [3.05, 3.63) is 30.1 Å². The summed E-state index contributed by atoms with van der Waals surface area (Å²) < 4.78 is 25.4. The molecule has 0 saturated carbocycles. The van der Waals surface area contributed by atoms with Crippen LogP contribution in [-0.2, 0) is 4.74 Å². The van der Waals surface area contributed by atoms with Crippen LogP contribution in [-0.4, -0.2) is 40.2 Å². The Morgan fingerprint density at radius 3 is 2.60 bits per heavy atom. The largest absolute Gasteiger partial charge is 0.493 e. The minimum absolute atomic E-state index is 0.112. The van der Waals surface area contributed by atoms with Crippen molar-refractivity contribution in [2.24, 2.45) is 5.92 Å². The average Bonchev–Trinajstić information content (AvgIpc) is 2.54. The van der Waals surface area contributed by atoms with Crippen molar-refractivity contribution in [2.45, 2.75) is 51.7 Å². The van der Waals surface area contributed by atoms with E-state index in [0.717, 1.165) is 30.2 Å². The van der Waals surface area contributed by atoms with Crippen molar-refractivity contribution in [1.29, 1.82) is 0 Å². The third-order valence-corrected chi connectivity index (χ3v) is 4.85. The number of nitrogens with zero attached hydrogens (tertiary/aromatic N) is 1. The molecule has 1 aliphatic rings. The van der Waals surface area contributed by atoms with Crippen LogP contribution in [0.5, 0.6) is 5.75 Å². The minimum atomic E-state index is -0.497. The highest BCUT2D eigenvalue weighted by Crippen LogP contribution is 2.29. The van der Waals surface area contributed by atoms with E-state index < -0.39 is 5.60 Å². The van der Waals surface area contributed by atoms with Gasteiger partial charge in [0, 0.05) is 22.9 Å². The van der Waals surface area contributed by atoms with Crippen LogP contribution in [0.1, 0.15) is 40.0 Å². The van der Waals surface area contributed by atoms with Gasteiger partial charge >= 0.3 is 6.09 Å². The Balaban J connectivity index is 2.03. The molecule has 0 aliphatic carbocycles. The number of piperidine rings is 1. The van der Waals surface area contributed by atoms with E-state index in [9.17, 15) is 9.18 Å². The zero-order chi connectivity index (χ0) is 18.4. The van der Waals surface area contributed by atoms with Crippen molar-refractivity contribution in [3.63, 3.8) is 0 Å². The lowest BCUT2D eigenvalue weighted by molar-refractivity contribution is -0.00545. The van der Waals surface area contributed by atoms with Crippen molar-refractivity contribution in [3.8, 4) is 5.75 Å². The van der Waals surface area contributed by atoms with Gasteiger partial charge < -0.3 is 14.4 Å². The molecule has 25 heavy (non-hydrogen) atoms. The van der Waals surface area contributed by atoms with Crippen molar-refractivity contribution in [2.75, 3.05) is 17.6 Å². The van der Waals surface area contributed by atoms with E-state index in [1.807, 2.05) is 25.7 Å². The first-order valence-electron chi connectivity index (χ1n) is 8.74. The van der Waals surface area contributed by atoms with Gasteiger partial charge in [-0.1, -0.05) is 22.6 Å². The summed E-state index contributed by atoms with van der Waals surface area (Å²) in [6.07, 6.45) is 2.63. The topological polar surface area (TPSA) is 38.8 Å². The van der Waals surface area contributed by atoms with E-state index in [0.29, 0.717) is 12.4 Å². The Kier molecular flexibility index (Phi) is 7.34. The number of benzene rings is 1. The monoisotopic (exact) mass is 463 g/mol. The second-order valence-corrected chi connectivity index (χ2v) is 8.46. The van der Waals surface area contributed by atoms with Crippen LogP contribution in [0.3, 0.4) is 0 Å². The van der Waals surface area contributed by atoms with Crippen LogP contribution in [0.4, 0.5) is 9.18 Å². The van der Waals surface area contributed by atoms with Crippen LogP contribution in [0.15, 0.2) is 24.3 Å². The Morgan fingerprint density at radius 1 is 1.32 bits per heavy atom. The van der Waals surface area contributed by atoms with E-state index in [-0.39, 0.29) is 23.9 Å². The summed E-state index contributed by atoms with van der Waals surface area (Å²) in [7, 11) is 0. The molecule has 2 unspecified atom stereocenters. The maximum Gasteiger partial charge on any atom is 0.410 e. The van der Waals surface area contributed by atoms with E-state index in [4.69, 9.17) is 9.47 Å². The molecule has 1 aliphatic heterocycles. The quantitative estimate of drug-likeness (QED) is 0.454. The molecule has 1 saturated heterocycles. The SMILES string of the molecule is CC(C)(C)OC(=O)N1CCCC(COc2ccc(F)cc2)C1CCI. The maximum absolute atomic E-state index is 13.0. The number of halogens is 2. The smallest absolute Gasteiger partial charge is 0.410 e. The van der Waals surface area contributed by atoms with E-state index in [1.54, 1.807) is 12.1 Å². The number of ether oxygens (including phenoxy) is 2. The molecular formula is C19H27FINO3. The van der Waals surface area contributed by atoms with Gasteiger partial charge in [0.2, 0.25) is 0 Å². The van der Waals surface area contributed by atoms with Gasteiger partial charge in [-0.15, -0.1) is 0 Å². The zero-order valence-corrected chi connectivity index (χ0v) is 17.3. The third kappa shape index (κ3) is 6.31. The molecule has 2 rings (SSSR count). The summed E-state index contributed by atoms with van der Waals surface area (Å²) in [4.78, 5) is 14.4. The summed E-state index contributed by atoms with van der Waals surface area (Å²) in [6, 6.07) is 6.17. The first-order chi connectivity index (χ1) is 11.8. The van der Waals surface area contributed by atoms with Gasteiger partial charge in [-0.05, 0) is 64.3 Å². The molecular weight excluding hydrogens is 436 g/mol. The first-order valence-corrected chi connectivity index (χ1v) is 10.3. The van der Waals surface area contributed by atoms with Crippen molar-refractivity contribution in [1.82, 2.24) is 4.90 Å². The fourth-order valence-corrected chi connectivity index (χ4v) is 3.75. The molecule has 2 atom stereocenters. The summed E-state index contributed by atoms with van der Waals surface area (Å²) >= 11 is 2.34. The number of carbonyl (C=O) groups is 1. The lowest BCUT2D eigenvalue weighted by Gasteiger charge is -2.41. The summed E-state index contributed by atoms with van der Waals surface area (Å²) in [6.45, 7) is 6.90. The average molecular weight is 463 g/mol. The fraction of sp³-hybridized carbons (Fsp3) is 0.632. The summed E-state index contributed by atoms with van der Waals surface area (Å²) in [5, 5.41) is 0. The highest BCUT2D eigenvalue weighted by molar-refractivity contribution is 14.1. The molecule has 1 aromatic rings. The Bertz CT molecular complexity index is 559. The molecule has 0 spiro atoms. The molecule has 0 radical (unpaired) electrons. The van der Waals surface area contributed by atoms with Crippen LogP contribution in [0.2, 0.25) is 0 Å². The molecule has 0 aromatic heterocycles. The molecule has 1 amide bonds. The van der Waals surface area contributed by atoms with Crippen LogP contribution in [0.25, 0.3) is 0 Å². The van der Waals surface area contributed by atoms with E-state index in [1.165, 1.54) is 12.1 Å². The molecule has 0 bridgehead atoms. The molecule has 0 N–H and O–H groups in total. The number of rotatable bonds is 5. The normalized spacial score (nSPS) is 21.1.